The molecule has 0 fully saturated rings. The van der Waals surface area contributed by atoms with Crippen molar-refractivity contribution in [2.24, 2.45) is 5.73 Å². The highest BCUT2D eigenvalue weighted by molar-refractivity contribution is 5.70. The molecule has 1 aromatic heterocycles. The molecule has 2 heterocycles. The van der Waals surface area contributed by atoms with Crippen LogP contribution in [0.3, 0.4) is 0 Å². The van der Waals surface area contributed by atoms with Gasteiger partial charge in [-0.25, -0.2) is 4.98 Å². The van der Waals surface area contributed by atoms with E-state index in [2.05, 4.69) is 28.2 Å². The summed E-state index contributed by atoms with van der Waals surface area (Å²) in [4.78, 5) is 6.48. The number of nitrogens with two attached hydrogens (primary N) is 1. The third-order valence-corrected chi connectivity index (χ3v) is 2.54. The fraction of sp³-hybridized carbons (Fsp3) is 0.500. The lowest BCUT2D eigenvalue weighted by Gasteiger charge is -2.21. The molecule has 14 heavy (non-hydrogen) atoms. The van der Waals surface area contributed by atoms with E-state index in [-0.39, 0.29) is 6.04 Å². The Morgan fingerprint density at radius 3 is 3.36 bits per heavy atom. The molecule has 0 saturated carbocycles. The molecule has 0 bridgehead atoms. The Morgan fingerprint density at radius 2 is 2.57 bits per heavy atom. The van der Waals surface area contributed by atoms with E-state index in [1.165, 1.54) is 0 Å². The quantitative estimate of drug-likeness (QED) is 0.750. The number of fused-ring (bicyclic) bond motifs is 1. The highest BCUT2D eigenvalue weighted by Crippen LogP contribution is 2.27. The normalized spacial score (nSPS) is 16.3. The predicted molar refractivity (Wildman–Crippen MR) is 58.3 cm³/mol. The highest BCUT2D eigenvalue weighted by atomic mass is 15.3. The molecule has 1 unspecified atom stereocenters. The van der Waals surface area contributed by atoms with Gasteiger partial charge < -0.3 is 16.0 Å². The Kier molecular flexibility index (Phi) is 2.54. The first-order valence-electron chi connectivity index (χ1n) is 5.00. The molecule has 4 heteroatoms. The molecule has 1 atom stereocenters. The molecule has 0 radical (unpaired) electrons. The molecule has 1 aliphatic rings. The van der Waals surface area contributed by atoms with Crippen molar-refractivity contribution in [2.45, 2.75) is 19.4 Å². The van der Waals surface area contributed by atoms with Crippen LogP contribution in [0.5, 0.6) is 0 Å². The molecule has 0 spiro atoms. The molecule has 2 rings (SSSR count). The molecule has 4 nitrogen and oxygen atoms in total. The molecule has 0 saturated heterocycles. The first kappa shape index (κ1) is 9.27. The van der Waals surface area contributed by atoms with Crippen LogP contribution in [0.4, 0.5) is 11.5 Å². The maximum absolute atomic E-state index is 5.92. The smallest absolute Gasteiger partial charge is 0.150 e. The molecule has 0 aliphatic carbocycles. The summed E-state index contributed by atoms with van der Waals surface area (Å²) >= 11 is 0. The SMILES string of the molecule is CCC(N)CN1CNc2ncccc21. The van der Waals surface area contributed by atoms with Crippen LogP contribution in [0, 0.1) is 0 Å². The van der Waals surface area contributed by atoms with Gasteiger partial charge in [-0.3, -0.25) is 0 Å². The lowest BCUT2D eigenvalue weighted by Crippen LogP contribution is -2.36. The molecule has 1 aliphatic heterocycles. The number of nitrogens with zero attached hydrogens (tertiary/aromatic N) is 2. The number of rotatable bonds is 3. The minimum absolute atomic E-state index is 0.239. The predicted octanol–water partition coefficient (Wildman–Crippen LogP) is 1.01. The number of nitrogens with one attached hydrogen (secondary N) is 1. The Bertz CT molecular complexity index is 313. The Hall–Kier alpha value is -1.29. The summed E-state index contributed by atoms with van der Waals surface area (Å²) in [6.07, 6.45) is 2.81. The van der Waals surface area contributed by atoms with Crippen molar-refractivity contribution < 1.29 is 0 Å². The standard InChI is InChI=1S/C10H16N4/c1-2-8(11)6-14-7-13-10-9(14)4-3-5-12-10/h3-5,8H,2,6-7,11H2,1H3,(H,12,13). The van der Waals surface area contributed by atoms with Gasteiger partial charge >= 0.3 is 0 Å². The number of anilines is 2. The summed E-state index contributed by atoms with van der Waals surface area (Å²) in [6, 6.07) is 4.27. The largest absolute Gasteiger partial charge is 0.351 e. The molecular formula is C10H16N4. The number of pyridine rings is 1. The van der Waals surface area contributed by atoms with E-state index in [4.69, 9.17) is 5.73 Å². The van der Waals surface area contributed by atoms with E-state index in [0.29, 0.717) is 0 Å². The van der Waals surface area contributed by atoms with Crippen LogP contribution in [0.25, 0.3) is 0 Å². The molecule has 0 aromatic carbocycles. The Balaban J connectivity index is 2.10. The summed E-state index contributed by atoms with van der Waals surface area (Å²) < 4.78 is 0. The molecule has 0 amide bonds. The van der Waals surface area contributed by atoms with E-state index in [0.717, 1.165) is 31.1 Å². The van der Waals surface area contributed by atoms with Crippen molar-refractivity contribution in [1.29, 1.82) is 0 Å². The second kappa shape index (κ2) is 3.84. The summed E-state index contributed by atoms with van der Waals surface area (Å²) in [6.45, 7) is 3.82. The Morgan fingerprint density at radius 1 is 1.71 bits per heavy atom. The average molecular weight is 192 g/mol. The highest BCUT2D eigenvalue weighted by Gasteiger charge is 2.19. The lowest BCUT2D eigenvalue weighted by atomic mass is 10.2. The van der Waals surface area contributed by atoms with Crippen LogP contribution in [-0.2, 0) is 0 Å². The third kappa shape index (κ3) is 1.65. The van der Waals surface area contributed by atoms with E-state index in [1.807, 2.05) is 6.07 Å². The van der Waals surface area contributed by atoms with E-state index < -0.39 is 0 Å². The molecule has 1 aromatic rings. The summed E-state index contributed by atoms with van der Waals surface area (Å²) in [5.74, 6) is 0.968. The fourth-order valence-corrected chi connectivity index (χ4v) is 1.62. The van der Waals surface area contributed by atoms with Gasteiger partial charge in [0, 0.05) is 18.8 Å². The van der Waals surface area contributed by atoms with Crippen molar-refractivity contribution in [2.75, 3.05) is 23.4 Å². The minimum Gasteiger partial charge on any atom is -0.351 e. The zero-order valence-corrected chi connectivity index (χ0v) is 8.40. The summed E-state index contributed by atoms with van der Waals surface area (Å²) in [5.41, 5.74) is 7.08. The fourth-order valence-electron chi connectivity index (χ4n) is 1.62. The van der Waals surface area contributed by atoms with Crippen LogP contribution in [0.2, 0.25) is 0 Å². The van der Waals surface area contributed by atoms with Crippen molar-refractivity contribution in [3.8, 4) is 0 Å². The summed E-state index contributed by atoms with van der Waals surface area (Å²) in [7, 11) is 0. The van der Waals surface area contributed by atoms with Gasteiger partial charge in [-0.05, 0) is 18.6 Å². The molecule has 3 N–H and O–H groups in total. The number of aromatic nitrogens is 1. The van der Waals surface area contributed by atoms with Crippen LogP contribution < -0.4 is 16.0 Å². The zero-order valence-electron chi connectivity index (χ0n) is 8.40. The van der Waals surface area contributed by atoms with Gasteiger partial charge in [-0.15, -0.1) is 0 Å². The van der Waals surface area contributed by atoms with Crippen LogP contribution in [0.1, 0.15) is 13.3 Å². The van der Waals surface area contributed by atoms with E-state index in [9.17, 15) is 0 Å². The zero-order chi connectivity index (χ0) is 9.97. The monoisotopic (exact) mass is 192 g/mol. The maximum atomic E-state index is 5.92. The second-order valence-corrected chi connectivity index (χ2v) is 3.60. The van der Waals surface area contributed by atoms with Gasteiger partial charge in [0.25, 0.3) is 0 Å². The first-order valence-corrected chi connectivity index (χ1v) is 5.00. The maximum Gasteiger partial charge on any atom is 0.150 e. The van der Waals surface area contributed by atoms with E-state index in [1.54, 1.807) is 6.20 Å². The molecular weight excluding hydrogens is 176 g/mol. The topological polar surface area (TPSA) is 54.2 Å². The van der Waals surface area contributed by atoms with Crippen LogP contribution in [0.15, 0.2) is 18.3 Å². The van der Waals surface area contributed by atoms with Gasteiger partial charge in [-0.2, -0.15) is 0 Å². The van der Waals surface area contributed by atoms with Crippen molar-refractivity contribution >= 4 is 11.5 Å². The van der Waals surface area contributed by atoms with Gasteiger partial charge in [0.05, 0.1) is 12.4 Å². The lowest BCUT2D eigenvalue weighted by molar-refractivity contribution is 0.630. The first-order chi connectivity index (χ1) is 6.81. The minimum atomic E-state index is 0.239. The number of hydrogen-bond donors (Lipinski definition) is 2. The van der Waals surface area contributed by atoms with Gasteiger partial charge in [0.2, 0.25) is 0 Å². The summed E-state index contributed by atoms with van der Waals surface area (Å²) in [5, 5.41) is 3.24. The van der Waals surface area contributed by atoms with Gasteiger partial charge in [0.1, 0.15) is 0 Å². The van der Waals surface area contributed by atoms with Crippen molar-refractivity contribution in [3.05, 3.63) is 18.3 Å². The van der Waals surface area contributed by atoms with Crippen LogP contribution in [-0.4, -0.2) is 24.2 Å². The second-order valence-electron chi connectivity index (χ2n) is 3.60. The third-order valence-electron chi connectivity index (χ3n) is 2.54. The molecule has 76 valence electrons. The number of hydrogen-bond acceptors (Lipinski definition) is 4. The Labute approximate surface area is 84.1 Å². The van der Waals surface area contributed by atoms with Crippen LogP contribution >= 0.6 is 0 Å². The average Bonchev–Trinajstić information content (AvgIpc) is 2.62. The van der Waals surface area contributed by atoms with Crippen molar-refractivity contribution in [1.82, 2.24) is 4.98 Å². The van der Waals surface area contributed by atoms with Gasteiger partial charge in [0.15, 0.2) is 5.82 Å². The van der Waals surface area contributed by atoms with Crippen molar-refractivity contribution in [3.63, 3.8) is 0 Å². The van der Waals surface area contributed by atoms with Gasteiger partial charge in [-0.1, -0.05) is 6.92 Å². The van der Waals surface area contributed by atoms with E-state index >= 15 is 0 Å².